The first kappa shape index (κ1) is 21.8. The highest BCUT2D eigenvalue weighted by Gasteiger charge is 2.29. The molecule has 1 aromatic carbocycles. The first-order valence-corrected chi connectivity index (χ1v) is 11.1. The maximum atomic E-state index is 13.1. The normalized spacial score (nSPS) is 24.0. The van der Waals surface area contributed by atoms with Crippen molar-refractivity contribution >= 4 is 22.0 Å². The summed E-state index contributed by atoms with van der Waals surface area (Å²) < 4.78 is 43.7. The zero-order chi connectivity index (χ0) is 21.0. The Bertz CT molecular complexity index is 854. The maximum absolute atomic E-state index is 13.1. The molecule has 2 fully saturated rings. The summed E-state index contributed by atoms with van der Waals surface area (Å²) in [5.74, 6) is 0.149. The predicted molar refractivity (Wildman–Crippen MR) is 108 cm³/mol. The molecule has 0 saturated carbocycles. The molecule has 2 aliphatic rings. The van der Waals surface area contributed by atoms with Crippen molar-refractivity contribution in [1.29, 1.82) is 0 Å². The topological polar surface area (TPSA) is 85.4 Å². The van der Waals surface area contributed by atoms with E-state index in [1.807, 2.05) is 13.8 Å². The van der Waals surface area contributed by atoms with Gasteiger partial charge in [0, 0.05) is 32.3 Å². The second kappa shape index (κ2) is 9.25. The molecule has 2 atom stereocenters. The summed E-state index contributed by atoms with van der Waals surface area (Å²) >= 11 is 0. The number of methoxy groups -OCH3 is 1. The summed E-state index contributed by atoms with van der Waals surface area (Å²) in [5, 5.41) is 0. The molecular formula is C20H28N2O6S. The monoisotopic (exact) mass is 424 g/mol. The fourth-order valence-electron chi connectivity index (χ4n) is 3.56. The van der Waals surface area contributed by atoms with Crippen LogP contribution in [0.15, 0.2) is 29.2 Å². The Morgan fingerprint density at radius 1 is 1.17 bits per heavy atom. The molecule has 0 aromatic heterocycles. The Hall–Kier alpha value is -1.94. The first-order valence-electron chi connectivity index (χ1n) is 9.69. The van der Waals surface area contributed by atoms with Crippen LogP contribution in [0.25, 0.3) is 6.08 Å². The van der Waals surface area contributed by atoms with Crippen LogP contribution >= 0.6 is 0 Å². The molecule has 2 aliphatic heterocycles. The van der Waals surface area contributed by atoms with Gasteiger partial charge >= 0.3 is 0 Å². The van der Waals surface area contributed by atoms with Gasteiger partial charge in [0.15, 0.2) is 0 Å². The summed E-state index contributed by atoms with van der Waals surface area (Å²) in [6, 6.07) is 4.87. The van der Waals surface area contributed by atoms with Crippen molar-refractivity contribution in [3.8, 4) is 5.75 Å². The van der Waals surface area contributed by atoms with Crippen molar-refractivity contribution in [2.75, 3.05) is 46.5 Å². The highest BCUT2D eigenvalue weighted by Crippen LogP contribution is 2.29. The lowest BCUT2D eigenvalue weighted by Crippen LogP contribution is -2.47. The lowest BCUT2D eigenvalue weighted by Gasteiger charge is -2.34. The number of carbonyl (C=O) groups excluding carboxylic acids is 1. The summed E-state index contributed by atoms with van der Waals surface area (Å²) in [6.07, 6.45) is 3.08. The van der Waals surface area contributed by atoms with Crippen molar-refractivity contribution in [3.63, 3.8) is 0 Å². The minimum Gasteiger partial charge on any atom is -0.495 e. The van der Waals surface area contributed by atoms with E-state index in [-0.39, 0.29) is 28.8 Å². The average Bonchev–Trinajstić information content (AvgIpc) is 2.71. The van der Waals surface area contributed by atoms with E-state index >= 15 is 0 Å². The first-order chi connectivity index (χ1) is 13.8. The van der Waals surface area contributed by atoms with Crippen LogP contribution in [0.1, 0.15) is 19.4 Å². The summed E-state index contributed by atoms with van der Waals surface area (Å²) in [7, 11) is -2.28. The molecule has 0 aliphatic carbocycles. The second-order valence-corrected chi connectivity index (χ2v) is 9.17. The number of ether oxygens (including phenoxy) is 3. The van der Waals surface area contributed by atoms with Gasteiger partial charge < -0.3 is 19.1 Å². The molecule has 0 radical (unpaired) electrons. The number of hydrogen-bond acceptors (Lipinski definition) is 6. The van der Waals surface area contributed by atoms with Crippen LogP contribution in [0.5, 0.6) is 5.75 Å². The number of rotatable bonds is 5. The molecule has 0 spiro atoms. The second-order valence-electron chi connectivity index (χ2n) is 7.26. The lowest BCUT2D eigenvalue weighted by molar-refractivity contribution is -0.137. The van der Waals surface area contributed by atoms with E-state index in [0.29, 0.717) is 45.0 Å². The number of amides is 1. The molecule has 29 heavy (non-hydrogen) atoms. The highest BCUT2D eigenvalue weighted by molar-refractivity contribution is 7.89. The van der Waals surface area contributed by atoms with E-state index in [9.17, 15) is 13.2 Å². The third-order valence-electron chi connectivity index (χ3n) is 4.93. The van der Waals surface area contributed by atoms with Crippen LogP contribution in [0.2, 0.25) is 0 Å². The van der Waals surface area contributed by atoms with Gasteiger partial charge in [0.2, 0.25) is 15.9 Å². The number of benzene rings is 1. The minimum atomic E-state index is -3.72. The molecule has 1 amide bonds. The van der Waals surface area contributed by atoms with Gasteiger partial charge in [-0.2, -0.15) is 4.31 Å². The fraction of sp³-hybridized carbons (Fsp3) is 0.550. The molecule has 1 aromatic rings. The van der Waals surface area contributed by atoms with Crippen molar-refractivity contribution in [2.24, 2.45) is 0 Å². The quantitative estimate of drug-likeness (QED) is 0.664. The van der Waals surface area contributed by atoms with E-state index in [4.69, 9.17) is 14.2 Å². The number of nitrogens with zero attached hydrogens (tertiary/aromatic N) is 2. The zero-order valence-corrected chi connectivity index (χ0v) is 17.9. The van der Waals surface area contributed by atoms with Crippen molar-refractivity contribution in [3.05, 3.63) is 29.8 Å². The van der Waals surface area contributed by atoms with Gasteiger partial charge in [0.25, 0.3) is 0 Å². The molecular weight excluding hydrogens is 396 g/mol. The Kier molecular flexibility index (Phi) is 6.94. The predicted octanol–water partition coefficient (Wildman–Crippen LogP) is 1.37. The van der Waals surface area contributed by atoms with Crippen molar-refractivity contribution in [2.45, 2.75) is 31.0 Å². The number of hydrogen-bond donors (Lipinski definition) is 0. The van der Waals surface area contributed by atoms with E-state index in [1.165, 1.54) is 23.6 Å². The molecule has 160 valence electrons. The molecule has 2 heterocycles. The smallest absolute Gasteiger partial charge is 0.246 e. The zero-order valence-electron chi connectivity index (χ0n) is 17.0. The van der Waals surface area contributed by atoms with E-state index in [2.05, 4.69) is 0 Å². The SMILES string of the molecule is COc1ccc(/C=C/C(=O)N2CC(C)OC(C)C2)cc1S(=O)(=O)N1CCOCC1. The van der Waals surface area contributed by atoms with Gasteiger partial charge in [0.1, 0.15) is 10.6 Å². The van der Waals surface area contributed by atoms with Gasteiger partial charge in [0.05, 0.1) is 32.5 Å². The van der Waals surface area contributed by atoms with E-state index < -0.39 is 10.0 Å². The lowest BCUT2D eigenvalue weighted by atomic mass is 10.2. The molecule has 2 saturated heterocycles. The van der Waals surface area contributed by atoms with Crippen LogP contribution in [0.4, 0.5) is 0 Å². The summed E-state index contributed by atoms with van der Waals surface area (Å²) in [4.78, 5) is 14.4. The minimum absolute atomic E-state index is 0.0117. The highest BCUT2D eigenvalue weighted by atomic mass is 32.2. The van der Waals surface area contributed by atoms with Crippen LogP contribution in [0, 0.1) is 0 Å². The number of carbonyl (C=O) groups is 1. The maximum Gasteiger partial charge on any atom is 0.246 e. The van der Waals surface area contributed by atoms with E-state index in [0.717, 1.165) is 0 Å². The Morgan fingerprint density at radius 3 is 2.45 bits per heavy atom. The third-order valence-corrected chi connectivity index (χ3v) is 6.85. The Morgan fingerprint density at radius 2 is 1.83 bits per heavy atom. The molecule has 2 unspecified atom stereocenters. The number of morpholine rings is 2. The Labute approximate surface area is 172 Å². The fourth-order valence-corrected chi connectivity index (χ4v) is 5.15. The standard InChI is InChI=1S/C20H28N2O6S/c1-15-13-21(14-16(2)28-15)20(23)7-5-17-4-6-18(26-3)19(12-17)29(24,25)22-8-10-27-11-9-22/h4-7,12,15-16H,8-11,13-14H2,1-3H3/b7-5+. The van der Waals surface area contributed by atoms with Crippen molar-refractivity contribution in [1.82, 2.24) is 9.21 Å². The van der Waals surface area contributed by atoms with E-state index in [1.54, 1.807) is 23.1 Å². The largest absolute Gasteiger partial charge is 0.495 e. The molecule has 9 heteroatoms. The van der Waals surface area contributed by atoms with Gasteiger partial charge in [-0.3, -0.25) is 4.79 Å². The van der Waals surface area contributed by atoms with Gasteiger partial charge in [-0.05, 0) is 37.6 Å². The number of sulfonamides is 1. The van der Waals surface area contributed by atoms with Crippen LogP contribution < -0.4 is 4.74 Å². The average molecular weight is 425 g/mol. The van der Waals surface area contributed by atoms with Crippen LogP contribution in [-0.2, 0) is 24.3 Å². The molecule has 0 N–H and O–H groups in total. The van der Waals surface area contributed by atoms with Crippen LogP contribution in [0.3, 0.4) is 0 Å². The molecule has 8 nitrogen and oxygen atoms in total. The summed E-state index contributed by atoms with van der Waals surface area (Å²) in [5.41, 5.74) is 0.611. The van der Waals surface area contributed by atoms with Gasteiger partial charge in [-0.25, -0.2) is 8.42 Å². The van der Waals surface area contributed by atoms with Gasteiger partial charge in [-0.15, -0.1) is 0 Å². The molecule has 3 rings (SSSR count). The van der Waals surface area contributed by atoms with Gasteiger partial charge in [-0.1, -0.05) is 6.07 Å². The molecule has 0 bridgehead atoms. The van der Waals surface area contributed by atoms with Crippen molar-refractivity contribution < 1.29 is 27.4 Å². The Balaban J connectivity index is 1.81. The third kappa shape index (κ3) is 5.16. The summed E-state index contributed by atoms with van der Waals surface area (Å²) in [6.45, 7) is 6.28. The van der Waals surface area contributed by atoms with Crippen LogP contribution in [-0.4, -0.2) is 82.2 Å².